The number of hydrogen-bond donors (Lipinski definition) is 1. The number of aryl methyl sites for hydroxylation is 1. The number of nitrogens with one attached hydrogen (secondary N) is 1. The Balaban J connectivity index is 1.79. The Hall–Kier alpha value is -2.70. The molecule has 0 amide bonds. The van der Waals surface area contributed by atoms with Crippen LogP contribution in [0.3, 0.4) is 0 Å². The molecule has 3 heterocycles. The van der Waals surface area contributed by atoms with Crippen molar-refractivity contribution < 1.29 is 4.52 Å². The van der Waals surface area contributed by atoms with Gasteiger partial charge in [0.25, 0.3) is 5.56 Å². The quantitative estimate of drug-likeness (QED) is 0.778. The normalized spacial score (nSPS) is 18.2. The van der Waals surface area contributed by atoms with Gasteiger partial charge in [-0.3, -0.25) is 4.79 Å². The Morgan fingerprint density at radius 2 is 2.18 bits per heavy atom. The van der Waals surface area contributed by atoms with Gasteiger partial charge in [-0.05, 0) is 31.9 Å². The number of hydrogen-bond acceptors (Lipinski definition) is 6. The van der Waals surface area contributed by atoms with E-state index in [0.29, 0.717) is 28.6 Å². The molecule has 7 heteroatoms. The number of anilines is 1. The Kier molecular flexibility index (Phi) is 2.92. The van der Waals surface area contributed by atoms with Crippen molar-refractivity contribution in [2.45, 2.75) is 25.8 Å². The summed E-state index contributed by atoms with van der Waals surface area (Å²) in [5.74, 6) is 1.25. The lowest BCUT2D eigenvalue weighted by Crippen LogP contribution is -2.26. The molecule has 0 spiro atoms. The molecule has 0 saturated carbocycles. The first kappa shape index (κ1) is 13.0. The lowest BCUT2D eigenvalue weighted by molar-refractivity contribution is 0.404. The Labute approximate surface area is 126 Å². The standard InChI is InChI=1S/C15H15N5O2/c1-9-16-15(22-19-9)20-8-4-7-12(20)13-17-11-6-3-2-5-10(11)14(21)18-13/h2-3,5-6,12H,4,7-8H2,1H3,(H,17,18,21). The van der Waals surface area contributed by atoms with Crippen molar-refractivity contribution >= 4 is 16.9 Å². The summed E-state index contributed by atoms with van der Waals surface area (Å²) in [6, 6.07) is 7.78. The minimum atomic E-state index is -0.117. The van der Waals surface area contributed by atoms with Crippen molar-refractivity contribution in [3.05, 3.63) is 46.3 Å². The SMILES string of the molecule is Cc1noc(N2CCCC2c2nc3ccccc3c(=O)[nH]2)n1. The first-order chi connectivity index (χ1) is 10.7. The second-order valence-electron chi connectivity index (χ2n) is 5.44. The number of fused-ring (bicyclic) bond motifs is 1. The third kappa shape index (κ3) is 2.05. The van der Waals surface area contributed by atoms with E-state index in [1.807, 2.05) is 23.1 Å². The molecule has 1 fully saturated rings. The zero-order valence-corrected chi connectivity index (χ0v) is 12.1. The van der Waals surface area contributed by atoms with Crippen LogP contribution in [0.25, 0.3) is 10.9 Å². The Morgan fingerprint density at radius 3 is 3.00 bits per heavy atom. The molecule has 22 heavy (non-hydrogen) atoms. The number of aromatic amines is 1. The molecule has 3 aromatic rings. The molecule has 1 saturated heterocycles. The molecule has 0 aliphatic carbocycles. The summed E-state index contributed by atoms with van der Waals surface area (Å²) in [5, 5.41) is 4.44. The number of nitrogens with zero attached hydrogens (tertiary/aromatic N) is 4. The highest BCUT2D eigenvalue weighted by atomic mass is 16.5. The number of aromatic nitrogens is 4. The minimum absolute atomic E-state index is 0.0443. The zero-order valence-electron chi connectivity index (χ0n) is 12.1. The summed E-state index contributed by atoms with van der Waals surface area (Å²) in [7, 11) is 0. The predicted octanol–water partition coefficient (Wildman–Crippen LogP) is 1.96. The van der Waals surface area contributed by atoms with Crippen LogP contribution in [-0.2, 0) is 0 Å². The van der Waals surface area contributed by atoms with Crippen molar-refractivity contribution in [3.8, 4) is 0 Å². The molecule has 1 aromatic carbocycles. The van der Waals surface area contributed by atoms with Crippen LogP contribution in [0.2, 0.25) is 0 Å². The van der Waals surface area contributed by atoms with E-state index in [9.17, 15) is 4.79 Å². The average Bonchev–Trinajstić information content (AvgIpc) is 3.15. The highest BCUT2D eigenvalue weighted by Crippen LogP contribution is 2.33. The summed E-state index contributed by atoms with van der Waals surface area (Å²) in [6.45, 7) is 2.59. The third-order valence-electron chi connectivity index (χ3n) is 3.96. The molecule has 1 unspecified atom stereocenters. The van der Waals surface area contributed by atoms with Crippen LogP contribution in [-0.4, -0.2) is 26.7 Å². The predicted molar refractivity (Wildman–Crippen MR) is 80.7 cm³/mol. The van der Waals surface area contributed by atoms with Gasteiger partial charge < -0.3 is 14.4 Å². The maximum Gasteiger partial charge on any atom is 0.324 e. The maximum absolute atomic E-state index is 12.2. The molecule has 1 aliphatic rings. The topological polar surface area (TPSA) is 87.9 Å². The molecule has 1 atom stereocenters. The lowest BCUT2D eigenvalue weighted by Gasteiger charge is -2.21. The molecule has 2 aromatic heterocycles. The Morgan fingerprint density at radius 1 is 1.32 bits per heavy atom. The summed E-state index contributed by atoms with van der Waals surface area (Å²) in [6.07, 6.45) is 1.88. The van der Waals surface area contributed by atoms with Crippen molar-refractivity contribution in [3.63, 3.8) is 0 Å². The molecular weight excluding hydrogens is 282 g/mol. The van der Waals surface area contributed by atoms with Gasteiger partial charge in [-0.2, -0.15) is 4.98 Å². The largest absolute Gasteiger partial charge is 0.324 e. The molecule has 1 N–H and O–H groups in total. The van der Waals surface area contributed by atoms with E-state index < -0.39 is 0 Å². The van der Waals surface area contributed by atoms with Gasteiger partial charge in [0.2, 0.25) is 0 Å². The van der Waals surface area contributed by atoms with E-state index in [-0.39, 0.29) is 11.6 Å². The fourth-order valence-corrected chi connectivity index (χ4v) is 2.95. The van der Waals surface area contributed by atoms with Gasteiger partial charge in [-0.25, -0.2) is 4.98 Å². The van der Waals surface area contributed by atoms with Crippen molar-refractivity contribution in [2.75, 3.05) is 11.4 Å². The highest BCUT2D eigenvalue weighted by Gasteiger charge is 2.31. The van der Waals surface area contributed by atoms with Gasteiger partial charge in [-0.15, -0.1) is 0 Å². The minimum Gasteiger partial charge on any atom is -0.315 e. The average molecular weight is 297 g/mol. The summed E-state index contributed by atoms with van der Waals surface area (Å²) in [4.78, 5) is 26.0. The first-order valence-corrected chi connectivity index (χ1v) is 7.28. The summed E-state index contributed by atoms with van der Waals surface area (Å²) >= 11 is 0. The van der Waals surface area contributed by atoms with Gasteiger partial charge in [0.1, 0.15) is 5.82 Å². The molecule has 0 bridgehead atoms. The number of benzene rings is 1. The van der Waals surface area contributed by atoms with E-state index in [1.165, 1.54) is 0 Å². The van der Waals surface area contributed by atoms with Crippen molar-refractivity contribution in [1.82, 2.24) is 20.1 Å². The third-order valence-corrected chi connectivity index (χ3v) is 3.96. The lowest BCUT2D eigenvalue weighted by atomic mass is 10.2. The molecule has 4 rings (SSSR count). The molecule has 112 valence electrons. The van der Waals surface area contributed by atoms with Crippen LogP contribution >= 0.6 is 0 Å². The molecule has 0 radical (unpaired) electrons. The van der Waals surface area contributed by atoms with Crippen molar-refractivity contribution in [2.24, 2.45) is 0 Å². The van der Waals surface area contributed by atoms with Crippen LogP contribution in [0.1, 0.15) is 30.5 Å². The number of para-hydroxylation sites is 1. The fourth-order valence-electron chi connectivity index (χ4n) is 2.95. The van der Waals surface area contributed by atoms with E-state index >= 15 is 0 Å². The van der Waals surface area contributed by atoms with Crippen LogP contribution in [0.5, 0.6) is 0 Å². The van der Waals surface area contributed by atoms with Gasteiger partial charge >= 0.3 is 6.01 Å². The highest BCUT2D eigenvalue weighted by molar-refractivity contribution is 5.77. The van der Waals surface area contributed by atoms with E-state index in [0.717, 1.165) is 19.4 Å². The van der Waals surface area contributed by atoms with Gasteiger partial charge in [0, 0.05) is 6.54 Å². The van der Waals surface area contributed by atoms with Crippen LogP contribution in [0.4, 0.5) is 6.01 Å². The molecule has 1 aliphatic heterocycles. The monoisotopic (exact) mass is 297 g/mol. The first-order valence-electron chi connectivity index (χ1n) is 7.28. The second kappa shape index (κ2) is 4.94. The maximum atomic E-state index is 12.2. The van der Waals surface area contributed by atoms with Crippen LogP contribution in [0, 0.1) is 6.92 Å². The van der Waals surface area contributed by atoms with Gasteiger partial charge in [-0.1, -0.05) is 17.3 Å². The Bertz CT molecular complexity index is 885. The zero-order chi connectivity index (χ0) is 15.1. The summed E-state index contributed by atoms with van der Waals surface area (Å²) < 4.78 is 5.26. The van der Waals surface area contributed by atoms with Crippen molar-refractivity contribution in [1.29, 1.82) is 0 Å². The van der Waals surface area contributed by atoms with Crippen LogP contribution in [0.15, 0.2) is 33.6 Å². The summed E-state index contributed by atoms with van der Waals surface area (Å²) in [5.41, 5.74) is 0.587. The van der Waals surface area contributed by atoms with E-state index in [4.69, 9.17) is 4.52 Å². The second-order valence-corrected chi connectivity index (χ2v) is 5.44. The molecule has 7 nitrogen and oxygen atoms in total. The van der Waals surface area contributed by atoms with Gasteiger partial charge in [0.05, 0.1) is 16.9 Å². The van der Waals surface area contributed by atoms with Gasteiger partial charge in [0.15, 0.2) is 5.82 Å². The molecular formula is C15H15N5O2. The fraction of sp³-hybridized carbons (Fsp3) is 0.333. The number of rotatable bonds is 2. The van der Waals surface area contributed by atoms with Crippen LogP contribution < -0.4 is 10.5 Å². The smallest absolute Gasteiger partial charge is 0.315 e. The van der Waals surface area contributed by atoms with E-state index in [2.05, 4.69) is 20.1 Å². The van der Waals surface area contributed by atoms with E-state index in [1.54, 1.807) is 13.0 Å². The number of H-pyrrole nitrogens is 1.